The molecule has 2 fully saturated rings. The smallest absolute Gasteiger partial charge is 0.269 e. The van der Waals surface area contributed by atoms with Crippen molar-refractivity contribution in [1.82, 2.24) is 25.4 Å². The summed E-state index contributed by atoms with van der Waals surface area (Å²) >= 11 is 0. The zero-order valence-corrected chi connectivity index (χ0v) is 15.8. The van der Waals surface area contributed by atoms with Crippen LogP contribution in [-0.2, 0) is 0 Å². The van der Waals surface area contributed by atoms with Crippen molar-refractivity contribution in [2.75, 3.05) is 13.1 Å². The lowest BCUT2D eigenvalue weighted by Gasteiger charge is -2.16. The van der Waals surface area contributed by atoms with Crippen molar-refractivity contribution in [1.29, 1.82) is 5.26 Å². The third kappa shape index (κ3) is 3.22. The molecule has 1 amide bonds. The highest BCUT2D eigenvalue weighted by atomic mass is 19.1. The molecule has 1 saturated carbocycles. The lowest BCUT2D eigenvalue weighted by atomic mass is 10.1. The number of nitriles is 1. The van der Waals surface area contributed by atoms with Crippen LogP contribution in [-0.4, -0.2) is 44.6 Å². The maximum Gasteiger partial charge on any atom is 0.269 e. The van der Waals surface area contributed by atoms with Gasteiger partial charge in [-0.05, 0) is 42.8 Å². The van der Waals surface area contributed by atoms with Gasteiger partial charge in [0.15, 0.2) is 11.9 Å². The van der Waals surface area contributed by atoms with E-state index in [2.05, 4.69) is 26.7 Å². The number of likely N-dealkylation sites (tertiary alicyclic amines) is 1. The van der Waals surface area contributed by atoms with Crippen LogP contribution in [0.4, 0.5) is 4.39 Å². The number of nitrogens with zero attached hydrogens (tertiary/aromatic N) is 4. The summed E-state index contributed by atoms with van der Waals surface area (Å²) < 4.78 is 19.0. The van der Waals surface area contributed by atoms with E-state index < -0.39 is 0 Å². The van der Waals surface area contributed by atoms with Gasteiger partial charge in [-0.3, -0.25) is 14.9 Å². The van der Waals surface area contributed by atoms with Gasteiger partial charge in [0.1, 0.15) is 17.3 Å². The van der Waals surface area contributed by atoms with E-state index in [1.165, 1.54) is 30.5 Å². The van der Waals surface area contributed by atoms with Gasteiger partial charge < -0.3 is 15.0 Å². The summed E-state index contributed by atoms with van der Waals surface area (Å²) in [7, 11) is 0. The van der Waals surface area contributed by atoms with E-state index in [9.17, 15) is 9.18 Å². The summed E-state index contributed by atoms with van der Waals surface area (Å²) in [6.45, 7) is 1.23. The van der Waals surface area contributed by atoms with Crippen LogP contribution in [0.3, 0.4) is 0 Å². The van der Waals surface area contributed by atoms with Crippen molar-refractivity contribution in [2.24, 2.45) is 5.92 Å². The lowest BCUT2D eigenvalue weighted by Crippen LogP contribution is -2.41. The number of carbonyl (C=O) groups is 1. The van der Waals surface area contributed by atoms with Gasteiger partial charge in [-0.2, -0.15) is 10.4 Å². The van der Waals surface area contributed by atoms with Crippen molar-refractivity contribution in [3.63, 3.8) is 0 Å². The molecule has 2 aromatic heterocycles. The van der Waals surface area contributed by atoms with Crippen LogP contribution >= 0.6 is 0 Å². The minimum absolute atomic E-state index is 0.258. The van der Waals surface area contributed by atoms with E-state index in [1.54, 1.807) is 23.2 Å². The van der Waals surface area contributed by atoms with Crippen LogP contribution in [0.15, 0.2) is 48.8 Å². The SMILES string of the molecule is N#CN1CC2C[C@]2(NC(=O)c2cc(-c3ccncc3Oc3ccc(F)cc3)n[nH]2)C1. The first-order valence-corrected chi connectivity index (χ1v) is 9.47. The second-order valence-electron chi connectivity index (χ2n) is 7.59. The van der Waals surface area contributed by atoms with E-state index in [4.69, 9.17) is 10.00 Å². The molecule has 1 saturated heterocycles. The Labute approximate surface area is 171 Å². The second-order valence-corrected chi connectivity index (χ2v) is 7.59. The monoisotopic (exact) mass is 404 g/mol. The molecular formula is C21H17FN6O2. The molecule has 3 heterocycles. The summed E-state index contributed by atoms with van der Waals surface area (Å²) in [5.74, 6) is 0.602. The predicted octanol–water partition coefficient (Wildman–Crippen LogP) is 2.69. The largest absolute Gasteiger partial charge is 0.455 e. The van der Waals surface area contributed by atoms with Gasteiger partial charge in [0, 0.05) is 24.2 Å². The molecule has 30 heavy (non-hydrogen) atoms. The normalized spacial score (nSPS) is 21.6. The molecule has 150 valence electrons. The number of aromatic nitrogens is 3. The summed E-state index contributed by atoms with van der Waals surface area (Å²) in [6.07, 6.45) is 6.16. The highest BCUT2D eigenvalue weighted by molar-refractivity contribution is 5.94. The van der Waals surface area contributed by atoms with E-state index >= 15 is 0 Å². The number of rotatable bonds is 5. The lowest BCUT2D eigenvalue weighted by molar-refractivity contribution is 0.0924. The second kappa shape index (κ2) is 6.84. The van der Waals surface area contributed by atoms with Gasteiger partial charge in [-0.1, -0.05) is 0 Å². The topological polar surface area (TPSA) is 107 Å². The number of fused-ring (bicyclic) bond motifs is 1. The van der Waals surface area contributed by atoms with E-state index in [1.807, 2.05) is 0 Å². The Morgan fingerprint density at radius 1 is 1.37 bits per heavy atom. The highest BCUT2D eigenvalue weighted by Crippen LogP contribution is 2.49. The summed E-state index contributed by atoms with van der Waals surface area (Å²) in [6, 6.07) is 9.04. The summed E-state index contributed by atoms with van der Waals surface area (Å²) in [5, 5.41) is 19.1. The fourth-order valence-electron chi connectivity index (χ4n) is 3.93. The quantitative estimate of drug-likeness (QED) is 0.633. The van der Waals surface area contributed by atoms with Crippen molar-refractivity contribution in [3.8, 4) is 28.9 Å². The Kier molecular flexibility index (Phi) is 4.13. The van der Waals surface area contributed by atoms with Gasteiger partial charge in [0.2, 0.25) is 0 Å². The Bertz CT molecular complexity index is 1150. The molecule has 0 bridgehead atoms. The molecule has 2 N–H and O–H groups in total. The number of hydrogen-bond acceptors (Lipinski definition) is 6. The zero-order chi connectivity index (χ0) is 20.7. The fraction of sp³-hybridized carbons (Fsp3) is 0.238. The van der Waals surface area contributed by atoms with Crippen LogP contribution in [0.5, 0.6) is 11.5 Å². The first-order valence-electron chi connectivity index (χ1n) is 9.47. The molecule has 0 spiro atoms. The van der Waals surface area contributed by atoms with E-state index in [0.717, 1.165) is 6.42 Å². The van der Waals surface area contributed by atoms with Crippen LogP contribution < -0.4 is 10.1 Å². The molecule has 2 atom stereocenters. The number of hydrogen-bond donors (Lipinski definition) is 2. The fourth-order valence-corrected chi connectivity index (χ4v) is 3.93. The number of nitrogens with one attached hydrogen (secondary N) is 2. The van der Waals surface area contributed by atoms with Crippen molar-refractivity contribution in [2.45, 2.75) is 12.0 Å². The molecule has 1 aliphatic heterocycles. The molecule has 3 aromatic rings. The summed E-state index contributed by atoms with van der Waals surface area (Å²) in [5.41, 5.74) is 1.18. The Morgan fingerprint density at radius 3 is 2.97 bits per heavy atom. The molecule has 1 aromatic carbocycles. The average Bonchev–Trinajstić information content (AvgIpc) is 3.10. The molecule has 0 radical (unpaired) electrons. The van der Waals surface area contributed by atoms with Crippen LogP contribution in [0, 0.1) is 23.2 Å². The van der Waals surface area contributed by atoms with Crippen LogP contribution in [0.1, 0.15) is 16.9 Å². The number of H-pyrrole nitrogens is 1. The first-order chi connectivity index (χ1) is 14.6. The number of piperidine rings is 1. The molecule has 8 nitrogen and oxygen atoms in total. The average molecular weight is 404 g/mol. The number of amides is 1. The molecular weight excluding hydrogens is 387 g/mol. The minimum atomic E-state index is -0.353. The highest BCUT2D eigenvalue weighted by Gasteiger charge is 2.61. The molecule has 5 rings (SSSR count). The van der Waals surface area contributed by atoms with Gasteiger partial charge in [-0.15, -0.1) is 0 Å². The van der Waals surface area contributed by atoms with Gasteiger partial charge in [0.05, 0.1) is 24.0 Å². The molecule has 1 unspecified atom stereocenters. The third-order valence-corrected chi connectivity index (χ3v) is 5.57. The molecule has 9 heteroatoms. The number of aromatic amines is 1. The summed E-state index contributed by atoms with van der Waals surface area (Å²) in [4.78, 5) is 18.5. The van der Waals surface area contributed by atoms with Gasteiger partial charge >= 0.3 is 0 Å². The van der Waals surface area contributed by atoms with Crippen molar-refractivity contribution < 1.29 is 13.9 Å². The van der Waals surface area contributed by atoms with Crippen LogP contribution in [0.2, 0.25) is 0 Å². The van der Waals surface area contributed by atoms with Crippen molar-refractivity contribution in [3.05, 3.63) is 60.3 Å². The number of ether oxygens (including phenoxy) is 1. The number of halogens is 1. The Balaban J connectivity index is 1.34. The van der Waals surface area contributed by atoms with E-state index in [0.29, 0.717) is 47.5 Å². The molecule has 2 aliphatic rings. The third-order valence-electron chi connectivity index (χ3n) is 5.57. The maximum atomic E-state index is 13.1. The van der Waals surface area contributed by atoms with E-state index in [-0.39, 0.29) is 17.3 Å². The Hall–Kier alpha value is -3.93. The van der Waals surface area contributed by atoms with Gasteiger partial charge in [0.25, 0.3) is 5.91 Å². The van der Waals surface area contributed by atoms with Gasteiger partial charge in [-0.25, -0.2) is 4.39 Å². The number of pyridine rings is 1. The van der Waals surface area contributed by atoms with Crippen LogP contribution in [0.25, 0.3) is 11.3 Å². The zero-order valence-electron chi connectivity index (χ0n) is 15.8. The standard InChI is InChI=1S/C21H17FN6O2/c22-14-1-3-15(4-2-14)30-19-9-24-6-5-16(19)17-7-18(27-26-17)20(29)25-21-8-13(21)10-28(11-21)12-23/h1-7,9,13H,8,10-11H2,(H,25,29)(H,26,27)/t13?,21-/m0/s1. The number of carbonyl (C=O) groups excluding carboxylic acids is 1. The molecule has 1 aliphatic carbocycles. The predicted molar refractivity (Wildman–Crippen MR) is 104 cm³/mol. The van der Waals surface area contributed by atoms with Crippen molar-refractivity contribution >= 4 is 5.91 Å². The Morgan fingerprint density at radius 2 is 2.20 bits per heavy atom. The number of benzene rings is 1. The minimum Gasteiger partial charge on any atom is -0.455 e. The maximum absolute atomic E-state index is 13.1. The first kappa shape index (κ1) is 18.1.